The summed E-state index contributed by atoms with van der Waals surface area (Å²) in [5.74, 6) is 0.630. The molecular formula is C9H19NO2. The van der Waals surface area contributed by atoms with Crippen LogP contribution in [0.5, 0.6) is 0 Å². The van der Waals surface area contributed by atoms with Crippen LogP contribution in [0.25, 0.3) is 0 Å². The fraction of sp³-hybridized carbons (Fsp3) is 0.889. The Labute approximate surface area is 74.4 Å². The van der Waals surface area contributed by atoms with Gasteiger partial charge < -0.3 is 10.0 Å². The summed E-state index contributed by atoms with van der Waals surface area (Å²) in [7, 11) is 1.81. The molecule has 0 aromatic rings. The van der Waals surface area contributed by atoms with Gasteiger partial charge in [-0.25, -0.2) is 0 Å². The van der Waals surface area contributed by atoms with E-state index >= 15 is 0 Å². The van der Waals surface area contributed by atoms with Crippen molar-refractivity contribution >= 4 is 5.91 Å². The molecule has 0 aliphatic rings. The maximum Gasteiger partial charge on any atom is 0.222 e. The Hall–Kier alpha value is -0.570. The van der Waals surface area contributed by atoms with E-state index in [1.807, 2.05) is 0 Å². The van der Waals surface area contributed by atoms with Crippen LogP contribution in [-0.2, 0) is 4.79 Å². The summed E-state index contributed by atoms with van der Waals surface area (Å²) in [5.41, 5.74) is 0. The maximum absolute atomic E-state index is 11.3. The van der Waals surface area contributed by atoms with Crippen molar-refractivity contribution in [3.05, 3.63) is 0 Å². The first-order valence-electron chi connectivity index (χ1n) is 4.42. The Morgan fingerprint density at radius 2 is 2.08 bits per heavy atom. The minimum absolute atomic E-state index is 0.0985. The van der Waals surface area contributed by atoms with Gasteiger partial charge in [0.15, 0.2) is 0 Å². The molecule has 0 saturated carbocycles. The second-order valence-electron chi connectivity index (χ2n) is 3.50. The molecule has 0 rings (SSSR count). The summed E-state index contributed by atoms with van der Waals surface area (Å²) in [5, 5.41) is 8.51. The minimum atomic E-state index is 0.0985. The molecule has 0 atom stereocenters. The van der Waals surface area contributed by atoms with Gasteiger partial charge in [-0.05, 0) is 12.3 Å². The van der Waals surface area contributed by atoms with Crippen LogP contribution in [0.4, 0.5) is 0 Å². The molecule has 1 N–H and O–H groups in total. The lowest BCUT2D eigenvalue weighted by atomic mass is 10.2. The molecule has 0 spiro atoms. The van der Waals surface area contributed by atoms with Crippen LogP contribution >= 0.6 is 0 Å². The largest absolute Gasteiger partial charge is 0.396 e. The number of carbonyl (C=O) groups excluding carboxylic acids is 1. The lowest BCUT2D eigenvalue weighted by molar-refractivity contribution is -0.130. The number of aliphatic hydroxyl groups is 1. The molecule has 0 aromatic heterocycles. The first-order chi connectivity index (χ1) is 5.57. The van der Waals surface area contributed by atoms with Crippen LogP contribution in [0.15, 0.2) is 0 Å². The van der Waals surface area contributed by atoms with E-state index in [0.29, 0.717) is 18.8 Å². The Bertz CT molecular complexity index is 134. The van der Waals surface area contributed by atoms with E-state index in [0.717, 1.165) is 6.54 Å². The van der Waals surface area contributed by atoms with Gasteiger partial charge in [-0.15, -0.1) is 0 Å². The van der Waals surface area contributed by atoms with Crippen LogP contribution in [0.1, 0.15) is 26.7 Å². The fourth-order valence-electron chi connectivity index (χ4n) is 1.07. The topological polar surface area (TPSA) is 40.5 Å². The van der Waals surface area contributed by atoms with Gasteiger partial charge >= 0.3 is 0 Å². The van der Waals surface area contributed by atoms with Gasteiger partial charge in [0.2, 0.25) is 5.91 Å². The SMILES string of the molecule is CC(C)CN(C)C(=O)CCCO. The maximum atomic E-state index is 11.3. The highest BCUT2D eigenvalue weighted by molar-refractivity contribution is 5.75. The van der Waals surface area contributed by atoms with Crippen LogP contribution in [0.2, 0.25) is 0 Å². The molecule has 12 heavy (non-hydrogen) atoms. The van der Waals surface area contributed by atoms with Gasteiger partial charge in [0, 0.05) is 26.6 Å². The van der Waals surface area contributed by atoms with Crippen molar-refractivity contribution in [2.24, 2.45) is 5.92 Å². The normalized spacial score (nSPS) is 10.4. The summed E-state index contributed by atoms with van der Waals surface area (Å²) in [6, 6.07) is 0. The summed E-state index contributed by atoms with van der Waals surface area (Å²) in [4.78, 5) is 13.0. The monoisotopic (exact) mass is 173 g/mol. The summed E-state index contributed by atoms with van der Waals surface area (Å²) in [6.45, 7) is 5.05. The Balaban J connectivity index is 3.61. The van der Waals surface area contributed by atoms with Crippen LogP contribution in [0.3, 0.4) is 0 Å². The number of amides is 1. The average molecular weight is 173 g/mol. The van der Waals surface area contributed by atoms with Crippen molar-refractivity contribution in [2.75, 3.05) is 20.2 Å². The van der Waals surface area contributed by atoms with E-state index in [4.69, 9.17) is 5.11 Å². The number of rotatable bonds is 5. The first kappa shape index (κ1) is 11.4. The quantitative estimate of drug-likeness (QED) is 0.670. The molecule has 0 radical (unpaired) electrons. The van der Waals surface area contributed by atoms with Crippen molar-refractivity contribution in [3.8, 4) is 0 Å². The van der Waals surface area contributed by atoms with E-state index in [-0.39, 0.29) is 12.5 Å². The molecule has 0 aromatic carbocycles. The molecule has 3 nitrogen and oxygen atoms in total. The molecule has 0 aliphatic carbocycles. The molecule has 0 unspecified atom stereocenters. The standard InChI is InChI=1S/C9H19NO2/c1-8(2)7-10(3)9(12)5-4-6-11/h8,11H,4-7H2,1-3H3. The lowest BCUT2D eigenvalue weighted by Crippen LogP contribution is -2.30. The van der Waals surface area contributed by atoms with Gasteiger partial charge in [-0.2, -0.15) is 0 Å². The highest BCUT2D eigenvalue weighted by atomic mass is 16.3. The Morgan fingerprint density at radius 3 is 2.50 bits per heavy atom. The van der Waals surface area contributed by atoms with Gasteiger partial charge in [-0.1, -0.05) is 13.8 Å². The highest BCUT2D eigenvalue weighted by Gasteiger charge is 2.08. The molecule has 0 bridgehead atoms. The van der Waals surface area contributed by atoms with Gasteiger partial charge in [0.25, 0.3) is 0 Å². The van der Waals surface area contributed by atoms with E-state index in [1.165, 1.54) is 0 Å². The zero-order valence-corrected chi connectivity index (χ0v) is 8.21. The van der Waals surface area contributed by atoms with Crippen molar-refractivity contribution in [3.63, 3.8) is 0 Å². The lowest BCUT2D eigenvalue weighted by Gasteiger charge is -2.18. The smallest absolute Gasteiger partial charge is 0.222 e. The molecule has 72 valence electrons. The number of carbonyl (C=O) groups is 1. The molecule has 0 heterocycles. The zero-order chi connectivity index (χ0) is 9.56. The zero-order valence-electron chi connectivity index (χ0n) is 8.21. The number of nitrogens with zero attached hydrogens (tertiary/aromatic N) is 1. The molecule has 0 aliphatic heterocycles. The first-order valence-corrected chi connectivity index (χ1v) is 4.42. The Morgan fingerprint density at radius 1 is 1.50 bits per heavy atom. The third-order valence-corrected chi connectivity index (χ3v) is 1.61. The third-order valence-electron chi connectivity index (χ3n) is 1.61. The second kappa shape index (κ2) is 6.00. The van der Waals surface area contributed by atoms with Crippen LogP contribution in [0, 0.1) is 5.92 Å². The Kier molecular flexibility index (Phi) is 5.72. The molecular weight excluding hydrogens is 154 g/mol. The highest BCUT2D eigenvalue weighted by Crippen LogP contribution is 1.99. The molecule has 1 amide bonds. The van der Waals surface area contributed by atoms with Gasteiger partial charge in [0.05, 0.1) is 0 Å². The fourth-order valence-corrected chi connectivity index (χ4v) is 1.07. The van der Waals surface area contributed by atoms with Crippen LogP contribution in [-0.4, -0.2) is 36.1 Å². The molecule has 0 fully saturated rings. The van der Waals surface area contributed by atoms with Crippen molar-refractivity contribution in [2.45, 2.75) is 26.7 Å². The number of hydrogen-bond donors (Lipinski definition) is 1. The van der Waals surface area contributed by atoms with Crippen molar-refractivity contribution in [1.82, 2.24) is 4.90 Å². The predicted octanol–water partition coefficient (Wildman–Crippen LogP) is 0.873. The summed E-state index contributed by atoms with van der Waals surface area (Å²) >= 11 is 0. The van der Waals surface area contributed by atoms with Crippen molar-refractivity contribution < 1.29 is 9.90 Å². The van der Waals surface area contributed by atoms with Gasteiger partial charge in [-0.3, -0.25) is 4.79 Å². The van der Waals surface area contributed by atoms with E-state index < -0.39 is 0 Å². The minimum Gasteiger partial charge on any atom is -0.396 e. The average Bonchev–Trinajstić information content (AvgIpc) is 1.98. The number of aliphatic hydroxyl groups excluding tert-OH is 1. The summed E-state index contributed by atoms with van der Waals surface area (Å²) < 4.78 is 0. The third kappa shape index (κ3) is 5.13. The van der Waals surface area contributed by atoms with Crippen molar-refractivity contribution in [1.29, 1.82) is 0 Å². The van der Waals surface area contributed by atoms with E-state index in [9.17, 15) is 4.79 Å². The summed E-state index contributed by atoms with van der Waals surface area (Å²) in [6.07, 6.45) is 1.03. The molecule has 3 heteroatoms. The van der Waals surface area contributed by atoms with Crippen LogP contribution < -0.4 is 0 Å². The van der Waals surface area contributed by atoms with E-state index in [2.05, 4.69) is 13.8 Å². The predicted molar refractivity (Wildman–Crippen MR) is 48.8 cm³/mol. The van der Waals surface area contributed by atoms with E-state index in [1.54, 1.807) is 11.9 Å². The second-order valence-corrected chi connectivity index (χ2v) is 3.50. The van der Waals surface area contributed by atoms with Gasteiger partial charge in [0.1, 0.15) is 0 Å². The number of hydrogen-bond acceptors (Lipinski definition) is 2. The molecule has 0 saturated heterocycles.